The molecule has 0 amide bonds. The first-order valence-corrected chi connectivity index (χ1v) is 13.7. The molecule has 0 aromatic rings. The summed E-state index contributed by atoms with van der Waals surface area (Å²) in [5, 5.41) is 22.1. The van der Waals surface area contributed by atoms with Crippen molar-refractivity contribution in [2.45, 2.75) is 117 Å². The lowest BCUT2D eigenvalue weighted by Gasteiger charge is -2.61. The van der Waals surface area contributed by atoms with Gasteiger partial charge in [0.25, 0.3) is 0 Å². The Labute approximate surface area is 191 Å². The van der Waals surface area contributed by atoms with Crippen LogP contribution in [-0.2, 0) is 0 Å². The van der Waals surface area contributed by atoms with Crippen LogP contribution in [0.4, 0.5) is 0 Å². The zero-order valence-corrected chi connectivity index (χ0v) is 20.9. The summed E-state index contributed by atoms with van der Waals surface area (Å²) in [6.07, 6.45) is 15.5. The Morgan fingerprint density at radius 2 is 1.68 bits per heavy atom. The normalized spacial score (nSPS) is 48.7. The molecule has 2 nitrogen and oxygen atoms in total. The molecular weight excluding hydrogens is 380 g/mol. The van der Waals surface area contributed by atoms with Gasteiger partial charge in [-0.1, -0.05) is 65.5 Å². The highest BCUT2D eigenvalue weighted by molar-refractivity contribution is 5.38. The summed E-state index contributed by atoms with van der Waals surface area (Å²) in [7, 11) is 0. The third kappa shape index (κ3) is 3.17. The summed E-state index contributed by atoms with van der Waals surface area (Å²) in [5.41, 5.74) is 1.90. The van der Waals surface area contributed by atoms with Gasteiger partial charge in [0.15, 0.2) is 0 Å². The van der Waals surface area contributed by atoms with E-state index in [1.165, 1.54) is 56.9 Å². The van der Waals surface area contributed by atoms with Crippen LogP contribution >= 0.6 is 0 Å². The van der Waals surface area contributed by atoms with E-state index >= 15 is 0 Å². The lowest BCUT2D eigenvalue weighted by Crippen LogP contribution is -2.58. The lowest BCUT2D eigenvalue weighted by atomic mass is 9.44. The van der Waals surface area contributed by atoms with E-state index in [-0.39, 0.29) is 23.0 Å². The standard InChI is InChI=1S/C29H48O2/c1-18(2)7-6-8-19(3)21-10-11-22-20-9-12-24-28(5,23(20)13-14-27(21,22)4)25(30)17-26(31)29(24)15-16-29/h12,18-23,25-26,30-31H,6-11,13-17H2,1-5H3/t19-,20+,21-,22+,23+,25-,26+,27-,28-/m1/s1. The molecule has 0 aliphatic heterocycles. The first-order valence-electron chi connectivity index (χ1n) is 13.7. The second-order valence-electron chi connectivity index (χ2n) is 13.5. The van der Waals surface area contributed by atoms with Crippen LogP contribution in [0.5, 0.6) is 0 Å². The third-order valence-electron chi connectivity index (χ3n) is 11.7. The minimum Gasteiger partial charge on any atom is -0.392 e. The van der Waals surface area contributed by atoms with Crippen molar-refractivity contribution < 1.29 is 10.2 Å². The van der Waals surface area contributed by atoms with E-state index in [1.54, 1.807) is 0 Å². The Morgan fingerprint density at radius 1 is 0.935 bits per heavy atom. The maximum absolute atomic E-state index is 11.3. The van der Waals surface area contributed by atoms with Gasteiger partial charge in [-0.25, -0.2) is 0 Å². The summed E-state index contributed by atoms with van der Waals surface area (Å²) in [6.45, 7) is 12.3. The second-order valence-corrected chi connectivity index (χ2v) is 13.5. The Kier molecular flexibility index (Phi) is 5.50. The number of hydrogen-bond acceptors (Lipinski definition) is 2. The summed E-state index contributed by atoms with van der Waals surface area (Å²) in [5.74, 6) is 4.74. The average Bonchev–Trinajstić information content (AvgIpc) is 3.42. The van der Waals surface area contributed by atoms with Gasteiger partial charge in [-0.3, -0.25) is 0 Å². The number of hydrogen-bond donors (Lipinski definition) is 2. The molecular formula is C29H48O2. The molecule has 0 unspecified atom stereocenters. The fourth-order valence-corrected chi connectivity index (χ4v) is 9.82. The second kappa shape index (κ2) is 7.59. The molecule has 176 valence electrons. The van der Waals surface area contributed by atoms with Crippen molar-refractivity contribution in [3.05, 3.63) is 11.6 Å². The van der Waals surface area contributed by atoms with Crippen molar-refractivity contribution >= 4 is 0 Å². The van der Waals surface area contributed by atoms with Gasteiger partial charge >= 0.3 is 0 Å². The first-order chi connectivity index (χ1) is 14.6. The molecule has 2 heteroatoms. The highest BCUT2D eigenvalue weighted by atomic mass is 16.3. The third-order valence-corrected chi connectivity index (χ3v) is 11.7. The summed E-state index contributed by atoms with van der Waals surface area (Å²) >= 11 is 0. The number of aliphatic hydroxyl groups excluding tert-OH is 2. The van der Waals surface area contributed by atoms with E-state index in [0.717, 1.165) is 42.4 Å². The molecule has 4 fully saturated rings. The Balaban J connectivity index is 1.38. The van der Waals surface area contributed by atoms with E-state index in [1.807, 2.05) is 0 Å². The highest BCUT2D eigenvalue weighted by Gasteiger charge is 2.67. The molecule has 0 heterocycles. The topological polar surface area (TPSA) is 40.5 Å². The van der Waals surface area contributed by atoms with Gasteiger partial charge in [0.2, 0.25) is 0 Å². The van der Waals surface area contributed by atoms with Crippen molar-refractivity contribution in [3.63, 3.8) is 0 Å². The van der Waals surface area contributed by atoms with E-state index < -0.39 is 0 Å². The van der Waals surface area contributed by atoms with E-state index in [0.29, 0.717) is 17.8 Å². The first kappa shape index (κ1) is 22.5. The van der Waals surface area contributed by atoms with Crippen LogP contribution < -0.4 is 0 Å². The maximum atomic E-state index is 11.3. The van der Waals surface area contributed by atoms with Gasteiger partial charge in [-0.2, -0.15) is 0 Å². The predicted octanol–water partition coefficient (Wildman–Crippen LogP) is 6.75. The van der Waals surface area contributed by atoms with Crippen LogP contribution in [-0.4, -0.2) is 22.4 Å². The molecule has 31 heavy (non-hydrogen) atoms. The van der Waals surface area contributed by atoms with Gasteiger partial charge in [-0.15, -0.1) is 0 Å². The van der Waals surface area contributed by atoms with Gasteiger partial charge < -0.3 is 10.2 Å². The van der Waals surface area contributed by atoms with Gasteiger partial charge in [0, 0.05) is 17.3 Å². The molecule has 2 N–H and O–H groups in total. The average molecular weight is 429 g/mol. The van der Waals surface area contributed by atoms with Crippen LogP contribution in [0.25, 0.3) is 0 Å². The van der Waals surface area contributed by atoms with Crippen LogP contribution in [0, 0.1) is 51.8 Å². The summed E-state index contributed by atoms with van der Waals surface area (Å²) < 4.78 is 0. The Morgan fingerprint density at radius 3 is 2.35 bits per heavy atom. The monoisotopic (exact) mass is 428 g/mol. The Hall–Kier alpha value is -0.340. The van der Waals surface area contributed by atoms with Crippen molar-refractivity contribution in [2.24, 2.45) is 51.8 Å². The molecule has 0 aromatic carbocycles. The molecule has 0 saturated heterocycles. The molecule has 5 aliphatic carbocycles. The van der Waals surface area contributed by atoms with Gasteiger partial charge in [0.05, 0.1) is 12.2 Å². The smallest absolute Gasteiger partial charge is 0.0658 e. The molecule has 0 aromatic heterocycles. The number of fused-ring (bicyclic) bond motifs is 6. The van der Waals surface area contributed by atoms with Crippen molar-refractivity contribution in [1.29, 1.82) is 0 Å². The van der Waals surface area contributed by atoms with E-state index in [2.05, 4.69) is 40.7 Å². The minimum absolute atomic E-state index is 0.0306. The highest BCUT2D eigenvalue weighted by Crippen LogP contribution is 2.72. The molecule has 5 rings (SSSR count). The van der Waals surface area contributed by atoms with Crippen LogP contribution in [0.1, 0.15) is 105 Å². The fraction of sp³-hybridized carbons (Fsp3) is 0.931. The number of allylic oxidation sites excluding steroid dienone is 1. The number of rotatable bonds is 5. The van der Waals surface area contributed by atoms with Crippen molar-refractivity contribution in [1.82, 2.24) is 0 Å². The Bertz CT molecular complexity index is 720. The van der Waals surface area contributed by atoms with E-state index in [9.17, 15) is 10.2 Å². The predicted molar refractivity (Wildman–Crippen MR) is 127 cm³/mol. The van der Waals surface area contributed by atoms with Gasteiger partial charge in [-0.05, 0) is 85.9 Å². The number of aliphatic hydroxyl groups is 2. The zero-order valence-electron chi connectivity index (χ0n) is 20.9. The SMILES string of the molecule is CC(C)CCC[C@@H](C)[C@H]1CC[C@H]2[C@@H]3CC=C4C5(CC5)[C@@H](O)C[C@@H](O)[C@]4(C)[C@H]3CC[C@]12C. The van der Waals surface area contributed by atoms with Crippen LogP contribution in [0.3, 0.4) is 0 Å². The van der Waals surface area contributed by atoms with Gasteiger partial charge in [0.1, 0.15) is 0 Å². The quantitative estimate of drug-likeness (QED) is 0.475. The summed E-state index contributed by atoms with van der Waals surface area (Å²) in [6, 6.07) is 0. The van der Waals surface area contributed by atoms with E-state index in [4.69, 9.17) is 0 Å². The minimum atomic E-state index is -0.371. The van der Waals surface area contributed by atoms with Crippen molar-refractivity contribution in [2.75, 3.05) is 0 Å². The zero-order chi connectivity index (χ0) is 22.2. The van der Waals surface area contributed by atoms with Crippen molar-refractivity contribution in [3.8, 4) is 0 Å². The lowest BCUT2D eigenvalue weighted by molar-refractivity contribution is -0.123. The maximum Gasteiger partial charge on any atom is 0.0658 e. The molecule has 9 atom stereocenters. The fourth-order valence-electron chi connectivity index (χ4n) is 9.82. The molecule has 0 bridgehead atoms. The molecule has 5 aliphatic rings. The summed E-state index contributed by atoms with van der Waals surface area (Å²) in [4.78, 5) is 0. The molecule has 1 spiro atoms. The van der Waals surface area contributed by atoms with Crippen LogP contribution in [0.2, 0.25) is 0 Å². The largest absolute Gasteiger partial charge is 0.392 e. The molecule has 4 saturated carbocycles. The molecule has 0 radical (unpaired) electrons. The van der Waals surface area contributed by atoms with Crippen LogP contribution in [0.15, 0.2) is 11.6 Å².